The fraction of sp³-hybridized carbons (Fsp3) is 0.250. The van der Waals surface area contributed by atoms with Crippen LogP contribution in [0.15, 0.2) is 123 Å². The molecule has 40 heavy (non-hydrogen) atoms. The molecule has 212 valence electrons. The fourth-order valence-electron chi connectivity index (χ4n) is 3.60. The van der Waals surface area contributed by atoms with Crippen LogP contribution in [0.25, 0.3) is 0 Å². The molecule has 8 heteroatoms. The van der Waals surface area contributed by atoms with Gasteiger partial charge < -0.3 is 14.0 Å². The van der Waals surface area contributed by atoms with Crippen LogP contribution in [0.2, 0.25) is 0 Å². The Morgan fingerprint density at radius 2 is 1.05 bits per heavy atom. The second-order valence-electron chi connectivity index (χ2n) is 10.9. The highest BCUT2D eigenvalue weighted by molar-refractivity contribution is 7.97. The average molecular weight is 583 g/mol. The van der Waals surface area contributed by atoms with E-state index in [1.807, 2.05) is 12.1 Å². The normalized spacial score (nSPS) is 11.9. The molecule has 0 bridgehead atoms. The molecular weight excluding hydrogens is 547 g/mol. The molecule has 4 aromatic rings. The lowest BCUT2D eigenvalue weighted by atomic mass is 10.2. The Bertz CT molecular complexity index is 1430. The van der Waals surface area contributed by atoms with Crippen LogP contribution in [-0.2, 0) is 21.0 Å². The predicted molar refractivity (Wildman–Crippen MR) is 157 cm³/mol. The Morgan fingerprint density at radius 3 is 1.45 bits per heavy atom. The van der Waals surface area contributed by atoms with E-state index in [4.69, 9.17) is 9.47 Å². The Hall–Kier alpha value is -3.33. The van der Waals surface area contributed by atoms with E-state index < -0.39 is 20.8 Å². The zero-order chi connectivity index (χ0) is 29.6. The Labute approximate surface area is 240 Å². The van der Waals surface area contributed by atoms with E-state index >= 15 is 0 Å². The lowest BCUT2D eigenvalue weighted by Crippen LogP contribution is -2.23. The van der Waals surface area contributed by atoms with Crippen molar-refractivity contribution in [2.45, 2.75) is 72.3 Å². The Kier molecular flexibility index (Phi) is 10.1. The van der Waals surface area contributed by atoms with Gasteiger partial charge in [0.15, 0.2) is 14.7 Å². The summed E-state index contributed by atoms with van der Waals surface area (Å²) >= 11 is 0. The summed E-state index contributed by atoms with van der Waals surface area (Å²) in [6.07, 6.45) is 0. The third-order valence-corrected chi connectivity index (χ3v) is 8.06. The van der Waals surface area contributed by atoms with E-state index in [0.29, 0.717) is 0 Å². The van der Waals surface area contributed by atoms with Crippen molar-refractivity contribution in [1.82, 2.24) is 0 Å². The topological polar surface area (TPSA) is 75.7 Å². The standard InChI is InChI=1S/C26H31O2S.C6H5FO3S/c1-25(2,3)27-20-12-10-16-23(18-20)29(22-14-8-7-9-15-22)24-17-11-13-21(19-24)28-26(4,5)6;7-5-1-3-6(4-2-5)11(8,9)10/h7-19H,1-6H3;1-4H,(H,8,9,10)/q+1;/p-1. The number of hydrogen-bond donors (Lipinski definition) is 0. The van der Waals surface area contributed by atoms with Crippen LogP contribution in [0.1, 0.15) is 41.5 Å². The summed E-state index contributed by atoms with van der Waals surface area (Å²) in [5.74, 6) is 1.22. The molecule has 0 aliphatic carbocycles. The van der Waals surface area contributed by atoms with Crippen molar-refractivity contribution >= 4 is 21.0 Å². The van der Waals surface area contributed by atoms with Crippen LogP contribution >= 0.6 is 0 Å². The summed E-state index contributed by atoms with van der Waals surface area (Å²) in [7, 11) is -4.69. The zero-order valence-corrected chi connectivity index (χ0v) is 25.2. The first-order chi connectivity index (χ1) is 18.6. The van der Waals surface area contributed by atoms with Gasteiger partial charge in [-0.1, -0.05) is 30.3 Å². The quantitative estimate of drug-likeness (QED) is 0.171. The molecule has 0 aliphatic heterocycles. The maximum atomic E-state index is 12.2. The van der Waals surface area contributed by atoms with Crippen LogP contribution in [-0.4, -0.2) is 24.2 Å². The molecular formula is C32H35FO5S2. The van der Waals surface area contributed by atoms with Gasteiger partial charge in [0.05, 0.1) is 15.8 Å². The summed E-state index contributed by atoms with van der Waals surface area (Å²) in [5, 5.41) is 0. The molecule has 4 rings (SSSR count). The van der Waals surface area contributed by atoms with Gasteiger partial charge in [-0.15, -0.1) is 0 Å². The van der Waals surface area contributed by atoms with E-state index in [2.05, 4.69) is 108 Å². The third kappa shape index (κ3) is 10.0. The number of halogens is 1. The van der Waals surface area contributed by atoms with Gasteiger partial charge in [-0.05, 0) is 102 Å². The van der Waals surface area contributed by atoms with Crippen LogP contribution < -0.4 is 9.47 Å². The predicted octanol–water partition coefficient (Wildman–Crippen LogP) is 7.87. The van der Waals surface area contributed by atoms with Gasteiger partial charge in [-0.25, -0.2) is 12.8 Å². The second-order valence-corrected chi connectivity index (χ2v) is 14.3. The molecule has 0 radical (unpaired) electrons. The number of ether oxygens (including phenoxy) is 2. The maximum Gasteiger partial charge on any atom is 0.170 e. The first kappa shape index (κ1) is 31.2. The largest absolute Gasteiger partial charge is 0.744 e. The number of rotatable bonds is 6. The highest BCUT2D eigenvalue weighted by Gasteiger charge is 2.30. The third-order valence-electron chi connectivity index (χ3n) is 5.01. The molecule has 0 aliphatic rings. The molecule has 0 atom stereocenters. The van der Waals surface area contributed by atoms with E-state index in [1.54, 1.807) is 0 Å². The van der Waals surface area contributed by atoms with Crippen molar-refractivity contribution in [2.24, 2.45) is 0 Å². The number of hydrogen-bond acceptors (Lipinski definition) is 5. The number of benzene rings is 4. The summed E-state index contributed by atoms with van der Waals surface area (Å²) in [5.41, 5.74) is -0.463. The van der Waals surface area contributed by atoms with Crippen LogP contribution in [0.3, 0.4) is 0 Å². The van der Waals surface area contributed by atoms with Gasteiger partial charge in [-0.2, -0.15) is 0 Å². The molecule has 0 aromatic heterocycles. The van der Waals surface area contributed by atoms with Crippen LogP contribution in [0, 0.1) is 5.82 Å². The van der Waals surface area contributed by atoms with Gasteiger partial charge in [-0.3, -0.25) is 0 Å². The molecule has 0 heterocycles. The van der Waals surface area contributed by atoms with Crippen LogP contribution in [0.5, 0.6) is 11.5 Å². The van der Waals surface area contributed by atoms with Gasteiger partial charge >= 0.3 is 0 Å². The minimum Gasteiger partial charge on any atom is -0.744 e. The summed E-state index contributed by atoms with van der Waals surface area (Å²) in [6, 6.07) is 31.2. The molecule has 0 amide bonds. The minimum absolute atomic E-state index is 0.232. The molecule has 5 nitrogen and oxygen atoms in total. The Balaban J connectivity index is 0.000000336. The summed E-state index contributed by atoms with van der Waals surface area (Å²) < 4.78 is 55.2. The molecule has 0 unspecified atom stereocenters. The highest BCUT2D eigenvalue weighted by atomic mass is 32.2. The summed E-state index contributed by atoms with van der Waals surface area (Å²) in [6.45, 7) is 12.4. The second kappa shape index (κ2) is 12.9. The van der Waals surface area contributed by atoms with Crippen molar-refractivity contribution in [3.8, 4) is 11.5 Å². The molecule has 0 spiro atoms. The first-order valence-corrected chi connectivity index (χ1v) is 15.3. The average Bonchev–Trinajstić information content (AvgIpc) is 2.83. The van der Waals surface area contributed by atoms with E-state index in [1.165, 1.54) is 14.7 Å². The van der Waals surface area contributed by atoms with Crippen molar-refractivity contribution in [3.05, 3.63) is 109 Å². The molecule has 0 N–H and O–H groups in total. The molecule has 4 aromatic carbocycles. The molecule has 0 saturated heterocycles. The lowest BCUT2D eigenvalue weighted by Gasteiger charge is -2.22. The smallest absolute Gasteiger partial charge is 0.170 e. The van der Waals surface area contributed by atoms with Gasteiger partial charge in [0.1, 0.15) is 38.6 Å². The molecule has 0 saturated carbocycles. The zero-order valence-electron chi connectivity index (χ0n) is 23.6. The maximum absolute atomic E-state index is 12.2. The van der Waals surface area contributed by atoms with Crippen LogP contribution in [0.4, 0.5) is 4.39 Å². The van der Waals surface area contributed by atoms with E-state index in [-0.39, 0.29) is 22.1 Å². The van der Waals surface area contributed by atoms with Crippen molar-refractivity contribution in [1.29, 1.82) is 0 Å². The first-order valence-electron chi connectivity index (χ1n) is 12.7. The molecule has 0 fully saturated rings. The lowest BCUT2D eigenvalue weighted by molar-refractivity contribution is 0.130. The van der Waals surface area contributed by atoms with E-state index in [0.717, 1.165) is 35.8 Å². The SMILES string of the molecule is CC(C)(C)Oc1cccc([S+](c2ccccc2)c2cccc(OC(C)(C)C)c2)c1.O=S(=O)([O-])c1ccc(F)cc1. The highest BCUT2D eigenvalue weighted by Crippen LogP contribution is 2.35. The van der Waals surface area contributed by atoms with Crippen molar-refractivity contribution in [2.75, 3.05) is 0 Å². The Morgan fingerprint density at radius 1 is 0.625 bits per heavy atom. The van der Waals surface area contributed by atoms with Gasteiger partial charge in [0.2, 0.25) is 0 Å². The van der Waals surface area contributed by atoms with Crippen molar-refractivity contribution in [3.63, 3.8) is 0 Å². The van der Waals surface area contributed by atoms with Crippen molar-refractivity contribution < 1.29 is 26.8 Å². The van der Waals surface area contributed by atoms with Gasteiger partial charge in [0.25, 0.3) is 0 Å². The monoisotopic (exact) mass is 582 g/mol. The van der Waals surface area contributed by atoms with E-state index in [9.17, 15) is 17.4 Å². The summed E-state index contributed by atoms with van der Waals surface area (Å²) in [4.78, 5) is 3.31. The van der Waals surface area contributed by atoms with Gasteiger partial charge in [0, 0.05) is 12.1 Å². The fourth-order valence-corrected chi connectivity index (χ4v) is 6.22. The minimum atomic E-state index is -4.44.